The average Bonchev–Trinajstić information content (AvgIpc) is 3.12. The molecule has 1 aliphatic carbocycles. The Hall–Kier alpha value is -2.08. The quantitative estimate of drug-likeness (QED) is 0.862. The number of nitrogens with zero attached hydrogens (tertiary/aromatic N) is 4. The van der Waals surface area contributed by atoms with Crippen LogP contribution in [0.15, 0.2) is 24.7 Å². The molecule has 27 heavy (non-hydrogen) atoms. The largest absolute Gasteiger partial charge is 0.355 e. The van der Waals surface area contributed by atoms with E-state index in [9.17, 15) is 4.79 Å². The summed E-state index contributed by atoms with van der Waals surface area (Å²) in [5.41, 5.74) is 1.98. The number of hydrogen-bond donors (Lipinski definition) is 1. The van der Waals surface area contributed by atoms with Crippen LogP contribution in [0.5, 0.6) is 0 Å². The van der Waals surface area contributed by atoms with E-state index in [2.05, 4.69) is 24.8 Å². The number of fused-ring (bicyclic) bond motifs is 2. The molecule has 1 saturated heterocycles. The number of anilines is 1. The van der Waals surface area contributed by atoms with Gasteiger partial charge in [0, 0.05) is 43.9 Å². The summed E-state index contributed by atoms with van der Waals surface area (Å²) in [7, 11) is 0. The first kappa shape index (κ1) is 17.0. The van der Waals surface area contributed by atoms with Gasteiger partial charge in [-0.15, -0.1) is 0 Å². The molecule has 2 aromatic heterocycles. The van der Waals surface area contributed by atoms with Gasteiger partial charge in [0.25, 0.3) is 0 Å². The van der Waals surface area contributed by atoms with Gasteiger partial charge in [-0.05, 0) is 37.8 Å². The third-order valence-electron chi connectivity index (χ3n) is 6.61. The molecule has 1 spiro atoms. The molecule has 7 heteroatoms. The van der Waals surface area contributed by atoms with Crippen LogP contribution in [-0.2, 0) is 16.8 Å². The zero-order valence-corrected chi connectivity index (χ0v) is 16.1. The van der Waals surface area contributed by atoms with Crippen molar-refractivity contribution in [2.24, 2.45) is 5.92 Å². The van der Waals surface area contributed by atoms with E-state index in [-0.39, 0.29) is 11.5 Å². The molecule has 0 unspecified atom stereocenters. The number of halogens is 1. The molecule has 1 saturated carbocycles. The van der Waals surface area contributed by atoms with Gasteiger partial charge in [-0.3, -0.25) is 4.79 Å². The van der Waals surface area contributed by atoms with Crippen molar-refractivity contribution in [3.05, 3.63) is 41.1 Å². The molecule has 2 fully saturated rings. The van der Waals surface area contributed by atoms with Crippen LogP contribution in [-0.4, -0.2) is 45.4 Å². The molecule has 5 rings (SSSR count). The molecule has 1 amide bonds. The summed E-state index contributed by atoms with van der Waals surface area (Å²) < 4.78 is 0. The molecule has 142 valence electrons. The lowest BCUT2D eigenvalue weighted by atomic mass is 9.76. The van der Waals surface area contributed by atoms with E-state index >= 15 is 0 Å². The van der Waals surface area contributed by atoms with E-state index in [1.54, 1.807) is 12.5 Å². The van der Waals surface area contributed by atoms with Crippen LogP contribution in [0.4, 0.5) is 5.82 Å². The Balaban J connectivity index is 1.45. The van der Waals surface area contributed by atoms with Gasteiger partial charge in [0.2, 0.25) is 5.91 Å². The molecule has 6 nitrogen and oxygen atoms in total. The molecule has 0 atom stereocenters. The number of amides is 1. The second-order valence-electron chi connectivity index (χ2n) is 7.92. The SMILES string of the molecule is O=C(C1CCC1)N1CCc2[nH]cnc2C12CCN(c1ncccc1Cl)CC2. The smallest absolute Gasteiger partial charge is 0.226 e. The third kappa shape index (κ3) is 2.64. The van der Waals surface area contributed by atoms with Crippen molar-refractivity contribution < 1.29 is 4.79 Å². The summed E-state index contributed by atoms with van der Waals surface area (Å²) in [5, 5.41) is 0.681. The van der Waals surface area contributed by atoms with Crippen molar-refractivity contribution in [3.8, 4) is 0 Å². The third-order valence-corrected chi connectivity index (χ3v) is 6.91. The summed E-state index contributed by atoms with van der Waals surface area (Å²) in [5.74, 6) is 1.38. The van der Waals surface area contributed by atoms with Crippen LogP contribution >= 0.6 is 11.6 Å². The van der Waals surface area contributed by atoms with Crippen molar-refractivity contribution in [2.75, 3.05) is 24.5 Å². The van der Waals surface area contributed by atoms with Crippen LogP contribution in [0, 0.1) is 5.92 Å². The number of nitrogens with one attached hydrogen (secondary N) is 1. The lowest BCUT2D eigenvalue weighted by molar-refractivity contribution is -0.147. The predicted octanol–water partition coefficient (Wildman–Crippen LogP) is 3.14. The second kappa shape index (κ2) is 6.51. The number of pyridine rings is 1. The lowest BCUT2D eigenvalue weighted by Gasteiger charge is -2.52. The zero-order chi connectivity index (χ0) is 18.4. The minimum atomic E-state index is -0.294. The zero-order valence-electron chi connectivity index (χ0n) is 15.3. The number of carbonyl (C=O) groups is 1. The fraction of sp³-hybridized carbons (Fsp3) is 0.550. The fourth-order valence-electron chi connectivity index (χ4n) is 4.88. The first-order chi connectivity index (χ1) is 13.2. The number of hydrogen-bond acceptors (Lipinski definition) is 4. The van der Waals surface area contributed by atoms with Gasteiger partial charge in [0.05, 0.1) is 22.6 Å². The number of aromatic amines is 1. The number of rotatable bonds is 2. The molecule has 2 aromatic rings. The predicted molar refractivity (Wildman–Crippen MR) is 104 cm³/mol. The minimum Gasteiger partial charge on any atom is -0.355 e. The maximum Gasteiger partial charge on any atom is 0.226 e. The molecule has 0 radical (unpaired) electrons. The van der Waals surface area contributed by atoms with Crippen LogP contribution in [0.2, 0.25) is 5.02 Å². The maximum absolute atomic E-state index is 13.2. The summed E-state index contributed by atoms with van der Waals surface area (Å²) in [6.07, 6.45) is 9.40. The topological polar surface area (TPSA) is 65.1 Å². The Morgan fingerprint density at radius 2 is 2.04 bits per heavy atom. The van der Waals surface area contributed by atoms with Gasteiger partial charge in [0.1, 0.15) is 5.82 Å². The summed E-state index contributed by atoms with van der Waals surface area (Å²) >= 11 is 6.36. The first-order valence-electron chi connectivity index (χ1n) is 9.89. The highest BCUT2D eigenvalue weighted by Gasteiger charge is 2.50. The number of aromatic nitrogens is 3. The highest BCUT2D eigenvalue weighted by atomic mass is 35.5. The van der Waals surface area contributed by atoms with Crippen LogP contribution in [0.3, 0.4) is 0 Å². The monoisotopic (exact) mass is 385 g/mol. The Morgan fingerprint density at radius 1 is 1.22 bits per heavy atom. The van der Waals surface area contributed by atoms with E-state index < -0.39 is 0 Å². The minimum absolute atomic E-state index is 0.214. The number of piperidine rings is 1. The standard InChI is InChI=1S/C20H24ClN5O/c21-15-5-2-9-22-18(15)25-11-7-20(8-12-25)17-16(23-13-24-17)6-10-26(20)19(27)14-3-1-4-14/h2,5,9,13-14H,1,3-4,6-8,10-12H2,(H,23,24). The normalized spacial score (nSPS) is 21.8. The van der Waals surface area contributed by atoms with E-state index in [1.807, 2.05) is 12.1 Å². The first-order valence-corrected chi connectivity index (χ1v) is 10.3. The Labute approximate surface area is 163 Å². The van der Waals surface area contributed by atoms with Crippen molar-refractivity contribution >= 4 is 23.3 Å². The van der Waals surface area contributed by atoms with Gasteiger partial charge < -0.3 is 14.8 Å². The maximum atomic E-state index is 13.2. The Kier molecular flexibility index (Phi) is 4.11. The van der Waals surface area contributed by atoms with Crippen molar-refractivity contribution in [3.63, 3.8) is 0 Å². The molecule has 2 aliphatic heterocycles. The van der Waals surface area contributed by atoms with E-state index in [1.165, 1.54) is 12.1 Å². The highest BCUT2D eigenvalue weighted by molar-refractivity contribution is 6.32. The van der Waals surface area contributed by atoms with Crippen molar-refractivity contribution in [1.29, 1.82) is 0 Å². The van der Waals surface area contributed by atoms with Crippen LogP contribution < -0.4 is 4.90 Å². The molecular weight excluding hydrogens is 362 g/mol. The van der Waals surface area contributed by atoms with E-state index in [0.717, 1.165) is 63.3 Å². The van der Waals surface area contributed by atoms with Gasteiger partial charge in [0.15, 0.2) is 0 Å². The summed E-state index contributed by atoms with van der Waals surface area (Å²) in [6, 6.07) is 3.74. The highest BCUT2D eigenvalue weighted by Crippen LogP contribution is 2.45. The van der Waals surface area contributed by atoms with Crippen LogP contribution in [0.1, 0.15) is 43.5 Å². The Morgan fingerprint density at radius 3 is 2.74 bits per heavy atom. The summed E-state index contributed by atoms with van der Waals surface area (Å²) in [6.45, 7) is 2.42. The summed E-state index contributed by atoms with van der Waals surface area (Å²) in [4.78, 5) is 30.1. The van der Waals surface area contributed by atoms with E-state index in [0.29, 0.717) is 10.9 Å². The molecule has 3 aliphatic rings. The molecule has 4 heterocycles. The molecule has 0 aromatic carbocycles. The molecule has 0 bridgehead atoms. The van der Waals surface area contributed by atoms with Gasteiger partial charge in [-0.25, -0.2) is 9.97 Å². The average molecular weight is 386 g/mol. The van der Waals surface area contributed by atoms with Gasteiger partial charge in [-0.2, -0.15) is 0 Å². The second-order valence-corrected chi connectivity index (χ2v) is 8.33. The number of H-pyrrole nitrogens is 1. The van der Waals surface area contributed by atoms with Crippen molar-refractivity contribution in [2.45, 2.75) is 44.1 Å². The molecular formula is C20H24ClN5O. The van der Waals surface area contributed by atoms with Gasteiger partial charge in [-0.1, -0.05) is 18.0 Å². The Bertz CT molecular complexity index is 854. The lowest BCUT2D eigenvalue weighted by Crippen LogP contribution is -2.60. The number of carbonyl (C=O) groups excluding carboxylic acids is 1. The van der Waals surface area contributed by atoms with E-state index in [4.69, 9.17) is 11.6 Å². The molecule has 1 N–H and O–H groups in total. The van der Waals surface area contributed by atoms with Crippen molar-refractivity contribution in [1.82, 2.24) is 19.9 Å². The number of imidazole rings is 1. The fourth-order valence-corrected chi connectivity index (χ4v) is 5.12. The van der Waals surface area contributed by atoms with Crippen LogP contribution in [0.25, 0.3) is 0 Å². The van der Waals surface area contributed by atoms with Gasteiger partial charge >= 0.3 is 0 Å².